The zero-order valence-electron chi connectivity index (χ0n) is 19.1. The molecular weight excluding hydrogens is 384 g/mol. The van der Waals surface area contributed by atoms with Crippen LogP contribution < -0.4 is 5.73 Å². The summed E-state index contributed by atoms with van der Waals surface area (Å²) in [6.07, 6.45) is 18.8. The topological polar surface area (TPSA) is 76.4 Å². The van der Waals surface area contributed by atoms with Crippen molar-refractivity contribution in [1.82, 2.24) is 14.4 Å². The average Bonchev–Trinajstić information content (AvgIpc) is 3.36. The summed E-state index contributed by atoms with van der Waals surface area (Å²) in [7, 11) is 1.50. The van der Waals surface area contributed by atoms with Gasteiger partial charge in [0.2, 0.25) is 5.78 Å². The van der Waals surface area contributed by atoms with Crippen LogP contribution in [-0.2, 0) is 0 Å². The first-order valence-electron chi connectivity index (χ1n) is 11.9. The number of allylic oxidation sites excluding steroid dienone is 3. The summed E-state index contributed by atoms with van der Waals surface area (Å²) < 4.78 is 2.16. The molecule has 0 radical (unpaired) electrons. The molecule has 166 valence electrons. The lowest BCUT2D eigenvalue weighted by atomic mass is 9.47. The zero-order chi connectivity index (χ0) is 21.8. The van der Waals surface area contributed by atoms with Crippen LogP contribution in [0.4, 0.5) is 0 Å². The van der Waals surface area contributed by atoms with Crippen LogP contribution in [0.5, 0.6) is 0 Å². The average molecular weight is 421 g/mol. The Labute approximate surface area is 185 Å². The second kappa shape index (κ2) is 7.56. The fraction of sp³-hybridized carbons (Fsp3) is 0.615. The molecule has 0 aliphatic heterocycles. The fourth-order valence-corrected chi connectivity index (χ4v) is 7.63. The molecule has 0 spiro atoms. The van der Waals surface area contributed by atoms with Gasteiger partial charge in [-0.1, -0.05) is 31.6 Å². The first kappa shape index (κ1) is 20.9. The second-order valence-electron chi connectivity index (χ2n) is 10.4. The van der Waals surface area contributed by atoms with Crippen LogP contribution in [0.2, 0.25) is 0 Å². The number of aliphatic hydroxyl groups excluding tert-OH is 1. The summed E-state index contributed by atoms with van der Waals surface area (Å²) in [4.78, 5) is 8.99. The molecule has 6 rings (SSSR count). The molecule has 2 aromatic heterocycles. The highest BCUT2D eigenvalue weighted by atomic mass is 16.3. The Balaban J connectivity index is 0.000000994. The van der Waals surface area contributed by atoms with Crippen LogP contribution in [0.1, 0.15) is 64.5 Å². The van der Waals surface area contributed by atoms with Gasteiger partial charge in [-0.3, -0.25) is 4.40 Å². The predicted molar refractivity (Wildman–Crippen MR) is 124 cm³/mol. The van der Waals surface area contributed by atoms with Gasteiger partial charge in [0.05, 0.1) is 18.0 Å². The maximum Gasteiger partial charge on any atom is 0.234 e. The Kier molecular flexibility index (Phi) is 5.10. The zero-order valence-corrected chi connectivity index (χ0v) is 19.1. The van der Waals surface area contributed by atoms with Gasteiger partial charge in [0.15, 0.2) is 0 Å². The molecule has 0 aromatic carbocycles. The van der Waals surface area contributed by atoms with Crippen LogP contribution in [0.25, 0.3) is 11.4 Å². The van der Waals surface area contributed by atoms with Crippen molar-refractivity contribution in [2.24, 2.45) is 34.3 Å². The minimum absolute atomic E-state index is 0.122. The fourth-order valence-electron chi connectivity index (χ4n) is 7.63. The van der Waals surface area contributed by atoms with E-state index in [1.165, 1.54) is 44.0 Å². The van der Waals surface area contributed by atoms with E-state index in [1.54, 1.807) is 5.57 Å². The van der Waals surface area contributed by atoms with Crippen molar-refractivity contribution in [3.05, 3.63) is 48.1 Å². The molecule has 4 aliphatic carbocycles. The highest BCUT2D eigenvalue weighted by Gasteiger charge is 2.57. The first-order chi connectivity index (χ1) is 15.0. The Hall–Kier alpha value is -1.98. The van der Waals surface area contributed by atoms with Gasteiger partial charge in [-0.05, 0) is 92.2 Å². The summed E-state index contributed by atoms with van der Waals surface area (Å²) in [6.45, 7) is 5.01. The van der Waals surface area contributed by atoms with Crippen molar-refractivity contribution in [2.45, 2.75) is 64.9 Å². The summed E-state index contributed by atoms with van der Waals surface area (Å²) in [6, 6.07) is 2.00. The number of aromatic nitrogens is 3. The van der Waals surface area contributed by atoms with Gasteiger partial charge >= 0.3 is 0 Å². The summed E-state index contributed by atoms with van der Waals surface area (Å²) in [5.41, 5.74) is 9.30. The van der Waals surface area contributed by atoms with Gasteiger partial charge in [-0.15, -0.1) is 0 Å². The van der Waals surface area contributed by atoms with Crippen LogP contribution in [0.15, 0.2) is 42.4 Å². The second-order valence-corrected chi connectivity index (χ2v) is 10.4. The highest BCUT2D eigenvalue weighted by molar-refractivity contribution is 5.72. The van der Waals surface area contributed by atoms with Gasteiger partial charge in [0, 0.05) is 12.4 Å². The van der Waals surface area contributed by atoms with E-state index in [9.17, 15) is 5.11 Å². The van der Waals surface area contributed by atoms with Crippen molar-refractivity contribution in [3.8, 4) is 0 Å². The number of imidazole rings is 1. The molecule has 2 aromatic rings. The molecule has 0 saturated heterocycles. The molecule has 5 nitrogen and oxygen atoms in total. The number of hydrogen-bond acceptors (Lipinski definition) is 4. The van der Waals surface area contributed by atoms with E-state index in [0.29, 0.717) is 11.3 Å². The van der Waals surface area contributed by atoms with E-state index in [0.717, 1.165) is 36.9 Å². The van der Waals surface area contributed by atoms with E-state index in [2.05, 4.69) is 52.3 Å². The van der Waals surface area contributed by atoms with E-state index in [4.69, 9.17) is 0 Å². The highest BCUT2D eigenvalue weighted by Crippen LogP contribution is 2.66. The SMILES string of the molecule is CC12CCC3C(CC=C4C[C@@H](O)CC[C@@]43C)C1CC=C2c1cnc2ncccn12.CN. The molecule has 5 heteroatoms. The van der Waals surface area contributed by atoms with E-state index in [-0.39, 0.29) is 11.5 Å². The maximum atomic E-state index is 10.2. The van der Waals surface area contributed by atoms with Crippen molar-refractivity contribution in [2.75, 3.05) is 7.05 Å². The van der Waals surface area contributed by atoms with Gasteiger partial charge in [-0.25, -0.2) is 9.97 Å². The van der Waals surface area contributed by atoms with Crippen LogP contribution in [-0.4, -0.2) is 32.6 Å². The molecule has 2 heterocycles. The first-order valence-corrected chi connectivity index (χ1v) is 11.9. The molecule has 3 N–H and O–H groups in total. The Morgan fingerprint density at radius 1 is 1.03 bits per heavy atom. The minimum Gasteiger partial charge on any atom is -0.393 e. The number of aliphatic hydroxyl groups is 1. The quantitative estimate of drug-likeness (QED) is 0.660. The van der Waals surface area contributed by atoms with Crippen molar-refractivity contribution in [3.63, 3.8) is 0 Å². The van der Waals surface area contributed by atoms with Crippen LogP contribution in [0, 0.1) is 28.6 Å². The van der Waals surface area contributed by atoms with Gasteiger partial charge in [-0.2, -0.15) is 0 Å². The van der Waals surface area contributed by atoms with Crippen LogP contribution >= 0.6 is 0 Å². The molecule has 0 bridgehead atoms. The van der Waals surface area contributed by atoms with Crippen molar-refractivity contribution >= 4 is 11.4 Å². The Morgan fingerprint density at radius 3 is 2.68 bits per heavy atom. The van der Waals surface area contributed by atoms with Crippen molar-refractivity contribution < 1.29 is 5.11 Å². The lowest BCUT2D eigenvalue weighted by Crippen LogP contribution is -2.49. The number of nitrogens with zero attached hydrogens (tertiary/aromatic N) is 3. The molecule has 6 atom stereocenters. The molecule has 2 saturated carbocycles. The molecule has 31 heavy (non-hydrogen) atoms. The molecule has 4 aliphatic rings. The summed E-state index contributed by atoms with van der Waals surface area (Å²) in [5, 5.41) is 10.2. The molecule has 4 unspecified atom stereocenters. The number of rotatable bonds is 1. The largest absolute Gasteiger partial charge is 0.393 e. The maximum absolute atomic E-state index is 10.2. The smallest absolute Gasteiger partial charge is 0.234 e. The third kappa shape index (κ3) is 2.96. The third-order valence-electron chi connectivity index (χ3n) is 9.22. The standard InChI is InChI=1S/C25H31N3O.CH5N/c1-24-10-8-17(29)14-16(24)4-5-18-19-6-7-21(25(19,2)11-9-20(18)24)22-15-27-23-26-12-3-13-28(22)23;1-2/h3-4,7,12-13,15,17-20,29H,5-6,8-11,14H2,1-2H3;2H2,1H3/t17-,18?,19?,20?,24-,25?;/m0./s1. The molecule has 2 fully saturated rings. The van der Waals surface area contributed by atoms with Gasteiger partial charge in [0.1, 0.15) is 0 Å². The third-order valence-corrected chi connectivity index (χ3v) is 9.22. The lowest BCUT2D eigenvalue weighted by Gasteiger charge is -2.57. The van der Waals surface area contributed by atoms with E-state index in [1.807, 2.05) is 18.5 Å². The van der Waals surface area contributed by atoms with Crippen LogP contribution in [0.3, 0.4) is 0 Å². The van der Waals surface area contributed by atoms with E-state index >= 15 is 0 Å². The van der Waals surface area contributed by atoms with E-state index < -0.39 is 0 Å². The minimum atomic E-state index is -0.122. The monoisotopic (exact) mass is 420 g/mol. The molecule has 0 amide bonds. The van der Waals surface area contributed by atoms with Gasteiger partial charge < -0.3 is 10.8 Å². The Morgan fingerprint density at radius 2 is 1.84 bits per heavy atom. The van der Waals surface area contributed by atoms with Crippen molar-refractivity contribution in [1.29, 1.82) is 0 Å². The predicted octanol–water partition coefficient (Wildman–Crippen LogP) is 4.62. The summed E-state index contributed by atoms with van der Waals surface area (Å²) >= 11 is 0. The number of hydrogen-bond donors (Lipinski definition) is 2. The summed E-state index contributed by atoms with van der Waals surface area (Å²) in [5.74, 6) is 3.02. The Bertz CT molecular complexity index is 1040. The normalized spacial score (nSPS) is 38.9. The molecular formula is C26H36N4O. The van der Waals surface area contributed by atoms with Gasteiger partial charge in [0.25, 0.3) is 0 Å². The lowest BCUT2D eigenvalue weighted by molar-refractivity contribution is -0.0238. The number of nitrogens with two attached hydrogens (primary N) is 1. The number of fused-ring (bicyclic) bond motifs is 6.